The molecule has 1 atom stereocenters. The Morgan fingerprint density at radius 2 is 1.82 bits per heavy atom. The van der Waals surface area contributed by atoms with E-state index in [4.69, 9.17) is 30.4 Å². The second-order valence-corrected chi connectivity index (χ2v) is 12.4. The Bertz CT molecular complexity index is 1390. The van der Waals surface area contributed by atoms with Gasteiger partial charge in [-0.05, 0) is 63.5 Å². The molecule has 1 aromatic heterocycles. The van der Waals surface area contributed by atoms with Crippen molar-refractivity contribution < 1.29 is 28.1 Å². The number of pyridine rings is 1. The van der Waals surface area contributed by atoms with Crippen LogP contribution in [0.25, 0.3) is 10.9 Å². The van der Waals surface area contributed by atoms with E-state index in [1.807, 2.05) is 38.1 Å². The lowest BCUT2D eigenvalue weighted by Gasteiger charge is -2.32. The van der Waals surface area contributed by atoms with Crippen molar-refractivity contribution in [1.82, 2.24) is 9.29 Å². The molecule has 3 heterocycles. The van der Waals surface area contributed by atoms with Crippen LogP contribution in [0.15, 0.2) is 47.5 Å². The zero-order valence-corrected chi connectivity index (χ0v) is 24.1. The number of methoxy groups -OCH3 is 1. The molecule has 9 nitrogen and oxygen atoms in total. The number of halogens is 1. The lowest BCUT2D eigenvalue weighted by molar-refractivity contribution is 0.00578. The number of esters is 1. The number of hydrogen-bond donors (Lipinski definition) is 1. The quantitative estimate of drug-likeness (QED) is 0.266. The average Bonchev–Trinajstić information content (AvgIpc) is 3.15. The molecule has 39 heavy (non-hydrogen) atoms. The van der Waals surface area contributed by atoms with Crippen molar-refractivity contribution in [3.8, 4) is 0 Å². The number of benzene rings is 2. The van der Waals surface area contributed by atoms with Gasteiger partial charge in [0.25, 0.3) is 0 Å². The van der Waals surface area contributed by atoms with Crippen LogP contribution in [-0.4, -0.2) is 71.5 Å². The molecule has 206 valence electrons. The highest BCUT2D eigenvalue weighted by Crippen LogP contribution is 2.38. The van der Waals surface area contributed by atoms with Crippen LogP contribution in [0.5, 0.6) is 0 Å². The first kappa shape index (κ1) is 28.2. The molecule has 2 aliphatic rings. The molecule has 0 spiro atoms. The number of hydrogen-bond acceptors (Lipinski definition) is 9. The fourth-order valence-electron chi connectivity index (χ4n) is 4.47. The van der Waals surface area contributed by atoms with E-state index in [9.17, 15) is 9.35 Å². The predicted octanol–water partition coefficient (Wildman–Crippen LogP) is 4.07. The first-order chi connectivity index (χ1) is 18.5. The normalized spacial score (nSPS) is 19.7. The van der Waals surface area contributed by atoms with Crippen LogP contribution in [0.4, 0.5) is 11.4 Å². The second kappa shape index (κ2) is 10.9. The Kier molecular flexibility index (Phi) is 7.86. The van der Waals surface area contributed by atoms with Gasteiger partial charge in [-0.1, -0.05) is 17.7 Å². The Morgan fingerprint density at radius 1 is 1.13 bits per heavy atom. The van der Waals surface area contributed by atoms with Gasteiger partial charge in [-0.15, -0.1) is 4.31 Å². The van der Waals surface area contributed by atoms with Crippen molar-refractivity contribution in [1.29, 1.82) is 0 Å². The molecule has 0 aliphatic carbocycles. The van der Waals surface area contributed by atoms with Gasteiger partial charge in [-0.3, -0.25) is 4.98 Å². The molecule has 2 saturated heterocycles. The number of morpholine rings is 1. The van der Waals surface area contributed by atoms with Crippen molar-refractivity contribution >= 4 is 63.8 Å². The third kappa shape index (κ3) is 5.49. The Morgan fingerprint density at radius 3 is 2.49 bits per heavy atom. The number of aromatic nitrogens is 1. The highest BCUT2D eigenvalue weighted by atomic mass is 35.5. The minimum Gasteiger partial charge on any atom is -0.593 e. The summed E-state index contributed by atoms with van der Waals surface area (Å²) in [5, 5.41) is 4.54. The van der Waals surface area contributed by atoms with Crippen LogP contribution < -0.4 is 10.8 Å². The third-order valence-electron chi connectivity index (χ3n) is 7.42. The zero-order valence-electron chi connectivity index (χ0n) is 22.6. The molecule has 3 aromatic rings. The van der Waals surface area contributed by atoms with E-state index in [1.165, 1.54) is 7.11 Å². The Hall–Kier alpha value is -2.38. The van der Waals surface area contributed by atoms with Gasteiger partial charge in [0.05, 0.1) is 78.9 Å². The SMILES string of the molecule is COC(=O)c1cc(B2OC(C)(C)C(C)(C)O2)ccc1Nc1c([S+]([O-])N2CCOCC2)cnc2ccc(Cl)cc12. The molecule has 0 bridgehead atoms. The first-order valence-corrected chi connectivity index (χ1v) is 14.2. The minimum absolute atomic E-state index is 0.278. The van der Waals surface area contributed by atoms with Gasteiger partial charge in [0, 0.05) is 10.4 Å². The van der Waals surface area contributed by atoms with Crippen molar-refractivity contribution in [2.45, 2.75) is 43.8 Å². The van der Waals surface area contributed by atoms with Gasteiger partial charge < -0.3 is 28.7 Å². The largest absolute Gasteiger partial charge is 0.593 e. The maximum atomic E-state index is 13.7. The lowest BCUT2D eigenvalue weighted by Crippen LogP contribution is -2.41. The van der Waals surface area contributed by atoms with Gasteiger partial charge in [-0.25, -0.2) is 4.79 Å². The van der Waals surface area contributed by atoms with Crippen LogP contribution in [0.2, 0.25) is 5.02 Å². The number of rotatable bonds is 6. The highest BCUT2D eigenvalue weighted by molar-refractivity contribution is 7.89. The van der Waals surface area contributed by atoms with Crippen molar-refractivity contribution in [3.05, 3.63) is 53.2 Å². The lowest BCUT2D eigenvalue weighted by atomic mass is 9.78. The number of nitrogens with one attached hydrogen (secondary N) is 1. The molecule has 5 rings (SSSR count). The predicted molar refractivity (Wildman–Crippen MR) is 152 cm³/mol. The molecule has 2 aromatic carbocycles. The summed E-state index contributed by atoms with van der Waals surface area (Å²) in [4.78, 5) is 18.0. The third-order valence-corrected chi connectivity index (χ3v) is 9.18. The summed E-state index contributed by atoms with van der Waals surface area (Å²) in [6, 6.07) is 10.6. The van der Waals surface area contributed by atoms with Crippen molar-refractivity contribution in [3.63, 3.8) is 0 Å². The van der Waals surface area contributed by atoms with Crippen LogP contribution in [0.1, 0.15) is 38.1 Å². The number of fused-ring (bicyclic) bond motifs is 1. The average molecular weight is 572 g/mol. The standard InChI is InChI=1S/C27H31BClN3O6S/c1-26(2)27(3,4)38-28(37-26)17-6-8-22(20(14-17)25(33)35-5)31-24-19-15-18(29)7-9-21(19)30-16-23(24)39(34)32-10-12-36-13-11-32/h6-9,14-16H,10-13H2,1-5H3,(H,30,31). The summed E-state index contributed by atoms with van der Waals surface area (Å²) in [6.07, 6.45) is 1.60. The molecular formula is C27H31BClN3O6S. The summed E-state index contributed by atoms with van der Waals surface area (Å²) in [6.45, 7) is 9.92. The zero-order chi connectivity index (χ0) is 27.9. The van der Waals surface area contributed by atoms with E-state index in [2.05, 4.69) is 10.3 Å². The van der Waals surface area contributed by atoms with Crippen LogP contribution in [0.3, 0.4) is 0 Å². The maximum Gasteiger partial charge on any atom is 0.494 e. The minimum atomic E-state index is -1.53. The molecule has 12 heteroatoms. The topological polar surface area (TPSA) is 105 Å². The van der Waals surface area contributed by atoms with Gasteiger partial charge in [0.2, 0.25) is 4.90 Å². The van der Waals surface area contributed by atoms with E-state index in [0.717, 1.165) is 0 Å². The number of carbonyl (C=O) groups excluding carboxylic acids is 1. The van der Waals surface area contributed by atoms with Crippen LogP contribution in [-0.2, 0) is 30.1 Å². The number of carbonyl (C=O) groups is 1. The van der Waals surface area contributed by atoms with E-state index in [0.29, 0.717) is 64.0 Å². The van der Waals surface area contributed by atoms with Crippen LogP contribution >= 0.6 is 11.6 Å². The van der Waals surface area contributed by atoms with Gasteiger partial charge in [0.1, 0.15) is 5.69 Å². The summed E-state index contributed by atoms with van der Waals surface area (Å²) in [5.41, 5.74) is 1.56. The van der Waals surface area contributed by atoms with E-state index in [1.54, 1.807) is 36.5 Å². The van der Waals surface area contributed by atoms with Crippen molar-refractivity contribution in [2.24, 2.45) is 0 Å². The molecule has 0 saturated carbocycles. The summed E-state index contributed by atoms with van der Waals surface area (Å²) < 4.78 is 38.5. The summed E-state index contributed by atoms with van der Waals surface area (Å²) in [7, 11) is 0.672. The smallest absolute Gasteiger partial charge is 0.494 e. The number of anilines is 2. The molecule has 0 amide bonds. The molecule has 0 radical (unpaired) electrons. The van der Waals surface area contributed by atoms with Gasteiger partial charge in [0.15, 0.2) is 0 Å². The fourth-order valence-corrected chi connectivity index (χ4v) is 5.88. The van der Waals surface area contributed by atoms with E-state index in [-0.39, 0.29) is 5.56 Å². The highest BCUT2D eigenvalue weighted by Gasteiger charge is 2.51. The Labute approximate surface area is 236 Å². The summed E-state index contributed by atoms with van der Waals surface area (Å²) >= 11 is 4.83. The fraction of sp³-hybridized carbons (Fsp3) is 0.407. The number of ether oxygens (including phenoxy) is 2. The van der Waals surface area contributed by atoms with Crippen LogP contribution in [0, 0.1) is 0 Å². The number of nitrogens with zero attached hydrogens (tertiary/aromatic N) is 2. The maximum absolute atomic E-state index is 13.7. The first-order valence-electron chi connectivity index (χ1n) is 12.7. The van der Waals surface area contributed by atoms with E-state index < -0.39 is 35.7 Å². The molecule has 2 fully saturated rings. The van der Waals surface area contributed by atoms with Gasteiger partial charge in [-0.2, -0.15) is 0 Å². The summed E-state index contributed by atoms with van der Waals surface area (Å²) in [5.74, 6) is -0.539. The van der Waals surface area contributed by atoms with Gasteiger partial charge >= 0.3 is 13.1 Å². The molecule has 2 aliphatic heterocycles. The van der Waals surface area contributed by atoms with E-state index >= 15 is 0 Å². The van der Waals surface area contributed by atoms with Crippen molar-refractivity contribution in [2.75, 3.05) is 38.7 Å². The monoisotopic (exact) mass is 571 g/mol. The molecule has 1 N–H and O–H groups in total. The molecular weight excluding hydrogens is 541 g/mol. The Balaban J connectivity index is 1.58. The second-order valence-electron chi connectivity index (χ2n) is 10.5. The molecule has 1 unspecified atom stereocenters.